The molecule has 0 aliphatic rings. The molecule has 0 radical (unpaired) electrons. The summed E-state index contributed by atoms with van der Waals surface area (Å²) in [5.41, 5.74) is 2.30. The molecule has 6 nitrogen and oxygen atoms in total. The highest BCUT2D eigenvalue weighted by Crippen LogP contribution is 2.20. The maximum atomic E-state index is 13.2. The summed E-state index contributed by atoms with van der Waals surface area (Å²) in [5, 5.41) is 10.9. The van der Waals surface area contributed by atoms with Crippen LogP contribution in [0.3, 0.4) is 0 Å². The van der Waals surface area contributed by atoms with E-state index < -0.39 is 17.1 Å². The van der Waals surface area contributed by atoms with Gasteiger partial charge in [0.15, 0.2) is 0 Å². The van der Waals surface area contributed by atoms with Gasteiger partial charge >= 0.3 is 5.69 Å². The lowest BCUT2D eigenvalue weighted by atomic mass is 10.1. The number of hydrogen-bond acceptors (Lipinski definition) is 4. The zero-order valence-electron chi connectivity index (χ0n) is 17.2. The first kappa shape index (κ1) is 20.1. The SMILES string of the molecule is Cc1ccc(N=Cc2c(O)n(-c3ccccc3)c(=O)n(-c3ccccc3)c2=O)cc1C. The second-order valence-electron chi connectivity index (χ2n) is 7.19. The minimum absolute atomic E-state index is 0.0782. The molecule has 0 fully saturated rings. The lowest BCUT2D eigenvalue weighted by Crippen LogP contribution is -2.40. The van der Waals surface area contributed by atoms with Gasteiger partial charge in [0, 0.05) is 6.21 Å². The second kappa shape index (κ2) is 8.28. The molecule has 31 heavy (non-hydrogen) atoms. The number of benzene rings is 3. The van der Waals surface area contributed by atoms with Crippen LogP contribution in [0.2, 0.25) is 0 Å². The fraction of sp³-hybridized carbons (Fsp3) is 0.0800. The molecule has 4 aromatic rings. The molecule has 0 saturated heterocycles. The summed E-state index contributed by atoms with van der Waals surface area (Å²) < 4.78 is 2.14. The number of aromatic hydroxyl groups is 1. The van der Waals surface area contributed by atoms with E-state index in [-0.39, 0.29) is 5.56 Å². The van der Waals surface area contributed by atoms with Crippen molar-refractivity contribution in [3.05, 3.63) is 116 Å². The van der Waals surface area contributed by atoms with Crippen LogP contribution in [0.15, 0.2) is 93.4 Å². The van der Waals surface area contributed by atoms with Gasteiger partial charge in [-0.05, 0) is 61.4 Å². The predicted molar refractivity (Wildman–Crippen MR) is 122 cm³/mol. The second-order valence-corrected chi connectivity index (χ2v) is 7.19. The molecule has 0 aliphatic heterocycles. The van der Waals surface area contributed by atoms with Crippen LogP contribution in [0.1, 0.15) is 16.7 Å². The summed E-state index contributed by atoms with van der Waals surface area (Å²) in [5.74, 6) is -0.457. The number of hydrogen-bond donors (Lipinski definition) is 1. The lowest BCUT2D eigenvalue weighted by molar-refractivity contribution is 0.427. The van der Waals surface area contributed by atoms with Crippen molar-refractivity contribution in [2.24, 2.45) is 4.99 Å². The normalized spacial score (nSPS) is 11.2. The number of aryl methyl sites for hydroxylation is 2. The van der Waals surface area contributed by atoms with Gasteiger partial charge in [0.05, 0.1) is 17.1 Å². The summed E-state index contributed by atoms with van der Waals surface area (Å²) >= 11 is 0. The van der Waals surface area contributed by atoms with E-state index in [4.69, 9.17) is 0 Å². The fourth-order valence-corrected chi connectivity index (χ4v) is 3.29. The van der Waals surface area contributed by atoms with Crippen molar-refractivity contribution < 1.29 is 5.11 Å². The largest absolute Gasteiger partial charge is 0.493 e. The van der Waals surface area contributed by atoms with E-state index in [0.717, 1.165) is 20.3 Å². The molecule has 0 unspecified atom stereocenters. The van der Waals surface area contributed by atoms with Gasteiger partial charge in [-0.1, -0.05) is 42.5 Å². The Hall–Kier alpha value is -4.19. The number of aliphatic imine (C=N–C) groups is 1. The van der Waals surface area contributed by atoms with Crippen LogP contribution in [0.5, 0.6) is 5.88 Å². The molecule has 0 amide bonds. The fourth-order valence-electron chi connectivity index (χ4n) is 3.29. The van der Waals surface area contributed by atoms with Gasteiger partial charge in [-0.2, -0.15) is 0 Å². The van der Waals surface area contributed by atoms with Crippen molar-refractivity contribution in [2.45, 2.75) is 13.8 Å². The molecule has 0 saturated carbocycles. The van der Waals surface area contributed by atoms with Crippen LogP contribution in [-0.4, -0.2) is 20.5 Å². The minimum Gasteiger partial charge on any atom is -0.493 e. The molecule has 1 heterocycles. The van der Waals surface area contributed by atoms with E-state index in [2.05, 4.69) is 4.99 Å². The van der Waals surface area contributed by atoms with E-state index in [1.807, 2.05) is 32.0 Å². The Kier molecular flexibility index (Phi) is 5.37. The standard InChI is InChI=1S/C25H21N3O3/c1-17-13-14-19(15-18(17)2)26-16-22-23(29)27(20-9-5-3-6-10-20)25(31)28(24(22)30)21-11-7-4-8-12-21/h3-16,29H,1-2H3. The highest BCUT2D eigenvalue weighted by Gasteiger charge is 2.19. The molecule has 1 N–H and O–H groups in total. The third-order valence-electron chi connectivity index (χ3n) is 5.13. The van der Waals surface area contributed by atoms with Crippen LogP contribution in [0.25, 0.3) is 11.4 Å². The number of para-hydroxylation sites is 2. The first-order chi connectivity index (χ1) is 15.0. The molecule has 0 spiro atoms. The topological polar surface area (TPSA) is 76.6 Å². The van der Waals surface area contributed by atoms with E-state index in [9.17, 15) is 14.7 Å². The molecule has 4 rings (SSSR count). The van der Waals surface area contributed by atoms with Crippen LogP contribution in [0, 0.1) is 13.8 Å². The molecule has 0 bridgehead atoms. The van der Waals surface area contributed by atoms with Crippen LogP contribution in [-0.2, 0) is 0 Å². The van der Waals surface area contributed by atoms with Crippen LogP contribution in [0.4, 0.5) is 5.69 Å². The van der Waals surface area contributed by atoms with Gasteiger partial charge in [0.25, 0.3) is 5.56 Å². The van der Waals surface area contributed by atoms with Crippen molar-refractivity contribution in [1.82, 2.24) is 9.13 Å². The molecule has 0 atom stereocenters. The Morgan fingerprint density at radius 1 is 0.774 bits per heavy atom. The predicted octanol–water partition coefficient (Wildman–Crippen LogP) is 4.06. The maximum Gasteiger partial charge on any atom is 0.343 e. The molecule has 6 heteroatoms. The molecular formula is C25H21N3O3. The third kappa shape index (κ3) is 3.83. The van der Waals surface area contributed by atoms with E-state index in [1.165, 1.54) is 6.21 Å². The monoisotopic (exact) mass is 411 g/mol. The highest BCUT2D eigenvalue weighted by atomic mass is 16.3. The molecule has 1 aromatic heterocycles. The molecule has 154 valence electrons. The minimum atomic E-state index is -0.664. The van der Waals surface area contributed by atoms with E-state index in [0.29, 0.717) is 17.1 Å². The number of nitrogens with zero attached hydrogens (tertiary/aromatic N) is 3. The van der Waals surface area contributed by atoms with Gasteiger partial charge in [0.1, 0.15) is 5.56 Å². The lowest BCUT2D eigenvalue weighted by Gasteiger charge is -2.14. The molecule has 0 aliphatic carbocycles. The average Bonchev–Trinajstić information content (AvgIpc) is 2.77. The zero-order valence-corrected chi connectivity index (χ0v) is 17.2. The van der Waals surface area contributed by atoms with Crippen LogP contribution < -0.4 is 11.2 Å². The highest BCUT2D eigenvalue weighted by molar-refractivity contribution is 5.84. The van der Waals surface area contributed by atoms with Gasteiger partial charge in [-0.3, -0.25) is 9.79 Å². The summed E-state index contributed by atoms with van der Waals surface area (Å²) in [4.78, 5) is 30.9. The van der Waals surface area contributed by atoms with Gasteiger partial charge in [-0.15, -0.1) is 0 Å². The Morgan fingerprint density at radius 2 is 1.35 bits per heavy atom. The summed E-state index contributed by atoms with van der Waals surface area (Å²) in [7, 11) is 0. The smallest absolute Gasteiger partial charge is 0.343 e. The third-order valence-corrected chi connectivity index (χ3v) is 5.13. The Bertz CT molecular complexity index is 1390. The van der Waals surface area contributed by atoms with Crippen molar-refractivity contribution >= 4 is 11.9 Å². The summed E-state index contributed by atoms with van der Waals surface area (Å²) in [6.07, 6.45) is 1.31. The van der Waals surface area contributed by atoms with E-state index in [1.54, 1.807) is 60.7 Å². The molecule has 3 aromatic carbocycles. The summed E-state index contributed by atoms with van der Waals surface area (Å²) in [6, 6.07) is 23.0. The van der Waals surface area contributed by atoms with Crippen molar-refractivity contribution in [1.29, 1.82) is 0 Å². The first-order valence-corrected chi connectivity index (χ1v) is 9.80. The molecular weight excluding hydrogens is 390 g/mol. The Labute approximate surface area is 179 Å². The zero-order chi connectivity index (χ0) is 22.0. The first-order valence-electron chi connectivity index (χ1n) is 9.80. The van der Waals surface area contributed by atoms with Crippen molar-refractivity contribution in [3.63, 3.8) is 0 Å². The number of rotatable bonds is 4. The van der Waals surface area contributed by atoms with Crippen LogP contribution >= 0.6 is 0 Å². The quantitative estimate of drug-likeness (QED) is 0.515. The Morgan fingerprint density at radius 3 is 1.94 bits per heavy atom. The number of aromatic nitrogens is 2. The van der Waals surface area contributed by atoms with Crippen molar-refractivity contribution in [3.8, 4) is 17.3 Å². The van der Waals surface area contributed by atoms with Crippen molar-refractivity contribution in [2.75, 3.05) is 0 Å². The summed E-state index contributed by atoms with van der Waals surface area (Å²) in [6.45, 7) is 3.98. The van der Waals surface area contributed by atoms with E-state index >= 15 is 0 Å². The van der Waals surface area contributed by atoms with Gasteiger partial charge < -0.3 is 5.11 Å². The Balaban J connectivity index is 1.98. The average molecular weight is 411 g/mol. The van der Waals surface area contributed by atoms with Gasteiger partial charge in [-0.25, -0.2) is 13.9 Å². The maximum absolute atomic E-state index is 13.2. The van der Waals surface area contributed by atoms with Gasteiger partial charge in [0.2, 0.25) is 5.88 Å².